The quantitative estimate of drug-likeness (QED) is 0.500. The Balaban J connectivity index is 2.20. The summed E-state index contributed by atoms with van der Waals surface area (Å²) in [6.45, 7) is 2.89. The lowest BCUT2D eigenvalue weighted by Gasteiger charge is -2.06. The summed E-state index contributed by atoms with van der Waals surface area (Å²) in [7, 11) is 0. The normalized spacial score (nSPS) is 10.4. The van der Waals surface area contributed by atoms with E-state index >= 15 is 0 Å². The number of unbranched alkanes of at least 4 members (excludes halogenated alkanes) is 3. The average molecular weight is 265 g/mol. The zero-order valence-corrected chi connectivity index (χ0v) is 11.5. The molecule has 0 aromatic heterocycles. The van der Waals surface area contributed by atoms with Crippen molar-refractivity contribution in [2.24, 2.45) is 0 Å². The van der Waals surface area contributed by atoms with E-state index in [0.717, 1.165) is 24.9 Å². The fraction of sp³-hybridized carbons (Fsp3) is 0.533. The van der Waals surface area contributed by atoms with Crippen LogP contribution in [0, 0.1) is 0 Å². The van der Waals surface area contributed by atoms with E-state index in [0.29, 0.717) is 12.8 Å². The number of aromatic hydroxyl groups is 2. The van der Waals surface area contributed by atoms with Crippen LogP contribution in [0.25, 0.3) is 0 Å². The van der Waals surface area contributed by atoms with Crippen LogP contribution in [0.5, 0.6) is 11.5 Å². The van der Waals surface area contributed by atoms with Gasteiger partial charge in [-0.1, -0.05) is 32.3 Å². The molecule has 0 unspecified atom stereocenters. The molecule has 0 atom stereocenters. The van der Waals surface area contributed by atoms with Crippen molar-refractivity contribution in [3.8, 4) is 11.5 Å². The van der Waals surface area contributed by atoms with Crippen molar-refractivity contribution in [1.82, 2.24) is 5.32 Å². The van der Waals surface area contributed by atoms with Crippen LogP contribution in [-0.2, 0) is 11.2 Å². The highest BCUT2D eigenvalue weighted by atomic mass is 16.3. The van der Waals surface area contributed by atoms with E-state index in [4.69, 9.17) is 0 Å². The van der Waals surface area contributed by atoms with Crippen molar-refractivity contribution in [2.75, 3.05) is 6.54 Å². The predicted octanol–water partition coefficient (Wildman–Crippen LogP) is 2.73. The summed E-state index contributed by atoms with van der Waals surface area (Å²) < 4.78 is 0. The number of nitrogens with one attached hydrogen (secondary N) is 1. The first-order chi connectivity index (χ1) is 9.13. The van der Waals surface area contributed by atoms with Crippen molar-refractivity contribution in [2.45, 2.75) is 45.4 Å². The summed E-state index contributed by atoms with van der Waals surface area (Å²) in [5.74, 6) is -0.245. The van der Waals surface area contributed by atoms with E-state index in [2.05, 4.69) is 12.2 Å². The smallest absolute Gasteiger partial charge is 0.220 e. The standard InChI is InChI=1S/C15H23NO3/c1-2-3-4-5-10-16-15(19)9-7-12-6-8-13(17)14(18)11-12/h6,8,11,17-18H,2-5,7,9-10H2,1H3,(H,16,19). The van der Waals surface area contributed by atoms with E-state index < -0.39 is 0 Å². The molecule has 1 rings (SSSR count). The summed E-state index contributed by atoms with van der Waals surface area (Å²) >= 11 is 0. The topological polar surface area (TPSA) is 69.6 Å². The van der Waals surface area contributed by atoms with Gasteiger partial charge >= 0.3 is 0 Å². The highest BCUT2D eigenvalue weighted by Gasteiger charge is 2.04. The molecule has 19 heavy (non-hydrogen) atoms. The highest BCUT2D eigenvalue weighted by molar-refractivity contribution is 5.76. The number of phenols is 2. The van der Waals surface area contributed by atoms with E-state index in [1.54, 1.807) is 6.07 Å². The van der Waals surface area contributed by atoms with Gasteiger partial charge in [0.1, 0.15) is 0 Å². The zero-order valence-electron chi connectivity index (χ0n) is 11.5. The molecule has 0 aliphatic carbocycles. The van der Waals surface area contributed by atoms with Crippen LogP contribution in [0.1, 0.15) is 44.6 Å². The van der Waals surface area contributed by atoms with Gasteiger partial charge in [-0.25, -0.2) is 0 Å². The third kappa shape index (κ3) is 6.13. The fourth-order valence-corrected chi connectivity index (χ4v) is 1.85. The molecule has 3 N–H and O–H groups in total. The maximum Gasteiger partial charge on any atom is 0.220 e. The largest absolute Gasteiger partial charge is 0.504 e. The number of benzene rings is 1. The average Bonchev–Trinajstić information content (AvgIpc) is 2.40. The summed E-state index contributed by atoms with van der Waals surface area (Å²) in [6.07, 6.45) is 5.55. The van der Waals surface area contributed by atoms with Gasteiger partial charge < -0.3 is 15.5 Å². The zero-order chi connectivity index (χ0) is 14.1. The summed E-state index contributed by atoms with van der Waals surface area (Å²) in [5.41, 5.74) is 0.844. The second-order valence-electron chi connectivity index (χ2n) is 4.73. The van der Waals surface area contributed by atoms with E-state index in [1.807, 2.05) is 0 Å². The van der Waals surface area contributed by atoms with Gasteiger partial charge in [-0.2, -0.15) is 0 Å². The van der Waals surface area contributed by atoms with Crippen LogP contribution in [0.4, 0.5) is 0 Å². The lowest BCUT2D eigenvalue weighted by molar-refractivity contribution is -0.121. The Bertz CT molecular complexity index is 404. The molecular formula is C15H23NO3. The van der Waals surface area contributed by atoms with Gasteiger partial charge in [0.25, 0.3) is 0 Å². The molecule has 4 heteroatoms. The second kappa shape index (κ2) is 8.40. The van der Waals surface area contributed by atoms with Gasteiger partial charge in [0.2, 0.25) is 5.91 Å². The second-order valence-corrected chi connectivity index (χ2v) is 4.73. The molecule has 0 saturated heterocycles. The molecule has 0 radical (unpaired) electrons. The molecule has 4 nitrogen and oxygen atoms in total. The van der Waals surface area contributed by atoms with Crippen LogP contribution in [0.3, 0.4) is 0 Å². The lowest BCUT2D eigenvalue weighted by atomic mass is 10.1. The van der Waals surface area contributed by atoms with E-state index in [9.17, 15) is 15.0 Å². The Labute approximate surface area is 114 Å². The molecule has 1 amide bonds. The van der Waals surface area contributed by atoms with Gasteiger partial charge in [-0.15, -0.1) is 0 Å². The molecule has 0 saturated carbocycles. The van der Waals surface area contributed by atoms with Crippen molar-refractivity contribution < 1.29 is 15.0 Å². The summed E-state index contributed by atoms with van der Waals surface area (Å²) in [4.78, 5) is 11.6. The Morgan fingerprint density at radius 1 is 1.16 bits per heavy atom. The lowest BCUT2D eigenvalue weighted by Crippen LogP contribution is -2.24. The van der Waals surface area contributed by atoms with Crippen LogP contribution in [-0.4, -0.2) is 22.7 Å². The number of phenolic OH excluding ortho intramolecular Hbond substituents is 2. The first kappa shape index (κ1) is 15.3. The van der Waals surface area contributed by atoms with Gasteiger partial charge in [0.15, 0.2) is 11.5 Å². The van der Waals surface area contributed by atoms with Crippen molar-refractivity contribution >= 4 is 5.91 Å². The van der Waals surface area contributed by atoms with E-state index in [1.165, 1.54) is 25.0 Å². The Hall–Kier alpha value is -1.71. The molecule has 0 bridgehead atoms. The molecule has 0 aliphatic rings. The third-order valence-corrected chi connectivity index (χ3v) is 3.03. The number of hydrogen-bond donors (Lipinski definition) is 3. The monoisotopic (exact) mass is 265 g/mol. The molecule has 0 spiro atoms. The molecule has 0 aliphatic heterocycles. The molecule has 106 valence electrons. The number of amides is 1. The minimum absolute atomic E-state index is 0.0315. The van der Waals surface area contributed by atoms with Crippen LogP contribution in [0.2, 0.25) is 0 Å². The summed E-state index contributed by atoms with van der Waals surface area (Å²) in [6, 6.07) is 4.64. The number of hydrogen-bond acceptors (Lipinski definition) is 3. The molecular weight excluding hydrogens is 242 g/mol. The number of carbonyl (C=O) groups is 1. The molecule has 1 aromatic carbocycles. The van der Waals surface area contributed by atoms with Crippen LogP contribution in [0.15, 0.2) is 18.2 Å². The van der Waals surface area contributed by atoms with Gasteiger partial charge in [-0.05, 0) is 30.5 Å². The molecule has 1 aromatic rings. The Morgan fingerprint density at radius 3 is 2.63 bits per heavy atom. The first-order valence-corrected chi connectivity index (χ1v) is 6.91. The number of carbonyl (C=O) groups excluding carboxylic acids is 1. The minimum atomic E-state index is -0.141. The SMILES string of the molecule is CCCCCCNC(=O)CCc1ccc(O)c(O)c1. The first-order valence-electron chi connectivity index (χ1n) is 6.91. The van der Waals surface area contributed by atoms with Gasteiger partial charge in [0.05, 0.1) is 0 Å². The van der Waals surface area contributed by atoms with Crippen LogP contribution >= 0.6 is 0 Å². The van der Waals surface area contributed by atoms with Crippen LogP contribution < -0.4 is 5.32 Å². The van der Waals surface area contributed by atoms with E-state index in [-0.39, 0.29) is 17.4 Å². The van der Waals surface area contributed by atoms with Gasteiger partial charge in [0, 0.05) is 13.0 Å². The fourth-order valence-electron chi connectivity index (χ4n) is 1.85. The number of aryl methyl sites for hydroxylation is 1. The summed E-state index contributed by atoms with van der Waals surface area (Å²) in [5, 5.41) is 21.4. The molecule has 0 heterocycles. The van der Waals surface area contributed by atoms with Gasteiger partial charge in [-0.3, -0.25) is 4.79 Å². The third-order valence-electron chi connectivity index (χ3n) is 3.03. The Kier molecular flexibility index (Phi) is 6.79. The van der Waals surface area contributed by atoms with Crippen molar-refractivity contribution in [3.05, 3.63) is 23.8 Å². The maximum absolute atomic E-state index is 11.6. The maximum atomic E-state index is 11.6. The predicted molar refractivity (Wildman–Crippen MR) is 75.2 cm³/mol. The van der Waals surface area contributed by atoms with Crippen molar-refractivity contribution in [1.29, 1.82) is 0 Å². The Morgan fingerprint density at radius 2 is 1.95 bits per heavy atom. The molecule has 0 fully saturated rings. The highest BCUT2D eigenvalue weighted by Crippen LogP contribution is 2.25. The van der Waals surface area contributed by atoms with Crippen molar-refractivity contribution in [3.63, 3.8) is 0 Å². The minimum Gasteiger partial charge on any atom is -0.504 e. The number of rotatable bonds is 8.